The summed E-state index contributed by atoms with van der Waals surface area (Å²) < 4.78 is 4.88. The van der Waals surface area contributed by atoms with Crippen molar-refractivity contribution < 1.29 is 14.3 Å². The molecule has 0 bridgehead atoms. The number of hydrogen-bond acceptors (Lipinski definition) is 5. The molecule has 20 heavy (non-hydrogen) atoms. The number of nitrogen functional groups attached to an aromatic ring is 1. The van der Waals surface area contributed by atoms with Crippen LogP contribution in [0.15, 0.2) is 35.7 Å². The molecule has 1 amide bonds. The molecule has 0 spiro atoms. The number of esters is 1. The maximum Gasteiger partial charge on any atom is 0.350 e. The summed E-state index contributed by atoms with van der Waals surface area (Å²) in [6.45, 7) is -0.386. The Morgan fingerprint density at radius 2 is 2.15 bits per heavy atom. The Hall–Kier alpha value is -2.05. The average molecular weight is 311 g/mol. The maximum absolute atomic E-state index is 11.6. The van der Waals surface area contributed by atoms with E-state index in [9.17, 15) is 9.59 Å². The lowest BCUT2D eigenvalue weighted by atomic mass is 10.3. The van der Waals surface area contributed by atoms with Crippen LogP contribution in [0.2, 0.25) is 5.02 Å². The van der Waals surface area contributed by atoms with Gasteiger partial charge in [-0.25, -0.2) is 4.79 Å². The number of carbonyl (C=O) groups is 2. The predicted octanol–water partition coefficient (Wildman–Crippen LogP) is 2.78. The van der Waals surface area contributed by atoms with Crippen molar-refractivity contribution in [3.05, 3.63) is 45.6 Å². The minimum Gasteiger partial charge on any atom is -0.451 e. The molecule has 1 heterocycles. The first-order valence-corrected chi connectivity index (χ1v) is 6.87. The molecule has 0 aliphatic carbocycles. The smallest absolute Gasteiger partial charge is 0.350 e. The van der Waals surface area contributed by atoms with Crippen molar-refractivity contribution in [1.82, 2.24) is 0 Å². The van der Waals surface area contributed by atoms with Crippen molar-refractivity contribution in [3.8, 4) is 0 Å². The number of benzene rings is 1. The first-order chi connectivity index (χ1) is 9.56. The molecule has 0 aliphatic heterocycles. The number of thiophene rings is 1. The van der Waals surface area contributed by atoms with Crippen molar-refractivity contribution >= 4 is 46.2 Å². The standard InChI is InChI=1S/C13H11ClN2O3S/c14-8-2-1-3-9(6-8)16-11(17)7-19-13(18)12-10(15)4-5-20-12/h1-6H,7,15H2,(H,16,17). The van der Waals surface area contributed by atoms with Crippen molar-refractivity contribution in [2.24, 2.45) is 0 Å². The van der Waals surface area contributed by atoms with E-state index in [4.69, 9.17) is 22.1 Å². The molecule has 7 heteroatoms. The molecule has 2 rings (SSSR count). The normalized spacial score (nSPS) is 10.1. The average Bonchev–Trinajstić information content (AvgIpc) is 2.82. The zero-order valence-electron chi connectivity index (χ0n) is 10.3. The fraction of sp³-hybridized carbons (Fsp3) is 0.0769. The fourth-order valence-electron chi connectivity index (χ4n) is 1.45. The highest BCUT2D eigenvalue weighted by Gasteiger charge is 2.14. The van der Waals surface area contributed by atoms with E-state index >= 15 is 0 Å². The Morgan fingerprint density at radius 1 is 1.35 bits per heavy atom. The topological polar surface area (TPSA) is 81.4 Å². The number of amides is 1. The van der Waals surface area contributed by atoms with Gasteiger partial charge in [-0.3, -0.25) is 4.79 Å². The van der Waals surface area contributed by atoms with Gasteiger partial charge in [-0.15, -0.1) is 11.3 Å². The zero-order chi connectivity index (χ0) is 14.5. The van der Waals surface area contributed by atoms with E-state index in [1.54, 1.807) is 35.7 Å². The van der Waals surface area contributed by atoms with E-state index in [0.717, 1.165) is 0 Å². The van der Waals surface area contributed by atoms with Gasteiger partial charge in [0.15, 0.2) is 6.61 Å². The summed E-state index contributed by atoms with van der Waals surface area (Å²) in [6, 6.07) is 8.28. The molecule has 1 aromatic heterocycles. The van der Waals surface area contributed by atoms with Crippen LogP contribution in [0.25, 0.3) is 0 Å². The number of anilines is 2. The number of halogens is 1. The predicted molar refractivity (Wildman–Crippen MR) is 79.1 cm³/mol. The molecule has 0 saturated heterocycles. The molecule has 5 nitrogen and oxygen atoms in total. The summed E-state index contributed by atoms with van der Waals surface area (Å²) in [4.78, 5) is 23.6. The number of rotatable bonds is 4. The van der Waals surface area contributed by atoms with Crippen molar-refractivity contribution in [3.63, 3.8) is 0 Å². The monoisotopic (exact) mass is 310 g/mol. The van der Waals surface area contributed by atoms with Gasteiger partial charge in [0.25, 0.3) is 5.91 Å². The molecule has 1 aromatic carbocycles. The van der Waals surface area contributed by atoms with E-state index in [-0.39, 0.29) is 6.61 Å². The molecular weight excluding hydrogens is 300 g/mol. The third-order valence-electron chi connectivity index (χ3n) is 2.32. The molecule has 104 valence electrons. The summed E-state index contributed by atoms with van der Waals surface area (Å²) in [5, 5.41) is 4.75. The quantitative estimate of drug-likeness (QED) is 0.851. The largest absolute Gasteiger partial charge is 0.451 e. The molecular formula is C13H11ClN2O3S. The highest BCUT2D eigenvalue weighted by atomic mass is 35.5. The number of nitrogens with one attached hydrogen (secondary N) is 1. The first-order valence-electron chi connectivity index (χ1n) is 5.62. The maximum atomic E-state index is 11.6. The fourth-order valence-corrected chi connectivity index (χ4v) is 2.35. The van der Waals surface area contributed by atoms with Crippen LogP contribution in [-0.2, 0) is 9.53 Å². The third kappa shape index (κ3) is 3.72. The Kier molecular flexibility index (Phi) is 4.60. The van der Waals surface area contributed by atoms with Crippen LogP contribution in [0.4, 0.5) is 11.4 Å². The lowest BCUT2D eigenvalue weighted by Gasteiger charge is -2.06. The Bertz CT molecular complexity index is 642. The second kappa shape index (κ2) is 6.40. The molecule has 0 atom stereocenters. The highest BCUT2D eigenvalue weighted by molar-refractivity contribution is 7.12. The molecule has 0 radical (unpaired) electrons. The number of nitrogens with two attached hydrogens (primary N) is 1. The van der Waals surface area contributed by atoms with Gasteiger partial charge in [0, 0.05) is 10.7 Å². The zero-order valence-corrected chi connectivity index (χ0v) is 11.8. The number of hydrogen-bond donors (Lipinski definition) is 2. The van der Waals surface area contributed by atoms with E-state index in [1.165, 1.54) is 11.3 Å². The molecule has 3 N–H and O–H groups in total. The van der Waals surface area contributed by atoms with E-state index in [0.29, 0.717) is 21.3 Å². The van der Waals surface area contributed by atoms with Gasteiger partial charge in [-0.1, -0.05) is 17.7 Å². The molecule has 2 aromatic rings. The van der Waals surface area contributed by atoms with Crippen LogP contribution in [0.3, 0.4) is 0 Å². The van der Waals surface area contributed by atoms with Crippen LogP contribution >= 0.6 is 22.9 Å². The second-order valence-electron chi connectivity index (χ2n) is 3.84. The van der Waals surface area contributed by atoms with E-state index < -0.39 is 11.9 Å². The van der Waals surface area contributed by atoms with Gasteiger partial charge in [0.05, 0.1) is 5.69 Å². The van der Waals surface area contributed by atoms with Crippen molar-refractivity contribution in [2.75, 3.05) is 17.7 Å². The molecule has 0 aliphatic rings. The van der Waals surface area contributed by atoms with Gasteiger partial charge < -0.3 is 15.8 Å². The van der Waals surface area contributed by atoms with E-state index in [2.05, 4.69) is 5.32 Å². The van der Waals surface area contributed by atoms with Crippen LogP contribution < -0.4 is 11.1 Å². The number of carbonyl (C=O) groups excluding carboxylic acids is 2. The van der Waals surface area contributed by atoms with Crippen LogP contribution in [-0.4, -0.2) is 18.5 Å². The van der Waals surface area contributed by atoms with Gasteiger partial charge in [-0.2, -0.15) is 0 Å². The number of ether oxygens (including phenoxy) is 1. The van der Waals surface area contributed by atoms with Crippen LogP contribution in [0.5, 0.6) is 0 Å². The third-order valence-corrected chi connectivity index (χ3v) is 3.47. The van der Waals surface area contributed by atoms with Gasteiger partial charge in [-0.05, 0) is 29.6 Å². The lowest BCUT2D eigenvalue weighted by Crippen LogP contribution is -2.20. The van der Waals surface area contributed by atoms with Gasteiger partial charge >= 0.3 is 5.97 Å². The first kappa shape index (κ1) is 14.4. The SMILES string of the molecule is Nc1ccsc1C(=O)OCC(=O)Nc1cccc(Cl)c1. The minimum atomic E-state index is -0.612. The van der Waals surface area contributed by atoms with Crippen LogP contribution in [0, 0.1) is 0 Å². The molecule has 0 fully saturated rings. The summed E-state index contributed by atoms with van der Waals surface area (Å²) in [7, 11) is 0. The van der Waals surface area contributed by atoms with Gasteiger partial charge in [0.2, 0.25) is 0 Å². The Labute approximate surface area is 124 Å². The van der Waals surface area contributed by atoms with Crippen LogP contribution in [0.1, 0.15) is 9.67 Å². The van der Waals surface area contributed by atoms with Crippen molar-refractivity contribution in [1.29, 1.82) is 0 Å². The Balaban J connectivity index is 1.87. The summed E-state index contributed by atoms with van der Waals surface area (Å²) >= 11 is 6.96. The van der Waals surface area contributed by atoms with Gasteiger partial charge in [0.1, 0.15) is 4.88 Å². The molecule has 0 saturated carbocycles. The van der Waals surface area contributed by atoms with Crippen molar-refractivity contribution in [2.45, 2.75) is 0 Å². The summed E-state index contributed by atoms with van der Waals surface area (Å²) in [5.74, 6) is -1.06. The second-order valence-corrected chi connectivity index (χ2v) is 5.19. The summed E-state index contributed by atoms with van der Waals surface area (Å²) in [6.07, 6.45) is 0. The Morgan fingerprint density at radius 3 is 2.80 bits per heavy atom. The lowest BCUT2D eigenvalue weighted by molar-refractivity contribution is -0.119. The van der Waals surface area contributed by atoms with E-state index in [1.807, 2.05) is 0 Å². The highest BCUT2D eigenvalue weighted by Crippen LogP contribution is 2.19. The summed E-state index contributed by atoms with van der Waals surface area (Å²) in [5.41, 5.74) is 6.46. The molecule has 0 unspecified atom stereocenters. The minimum absolute atomic E-state index is 0.292.